The van der Waals surface area contributed by atoms with Gasteiger partial charge in [0.25, 0.3) is 0 Å². The van der Waals surface area contributed by atoms with Gasteiger partial charge in [0, 0.05) is 0 Å². The van der Waals surface area contributed by atoms with Gasteiger partial charge in [-0.2, -0.15) is 83.9 Å². The fourth-order valence-electron chi connectivity index (χ4n) is 2.84. The minimum absolute atomic E-state index is 0. The third-order valence-electron chi connectivity index (χ3n) is 5.04. The summed E-state index contributed by atoms with van der Waals surface area (Å²) in [6.07, 6.45) is 13.2. The summed E-state index contributed by atoms with van der Waals surface area (Å²) in [4.78, 5) is 0. The van der Waals surface area contributed by atoms with Crippen LogP contribution in [0, 0.1) is 35.1 Å². The van der Waals surface area contributed by atoms with Crippen molar-refractivity contribution in [1.29, 1.82) is 0 Å². The number of halogens is 2. The molecule has 4 heteroatoms. The number of hydrogen-bond donors (Lipinski definition) is 0. The molecule has 2 aromatic rings. The smallest absolute Gasteiger partial charge is 0.171 e. The van der Waals surface area contributed by atoms with Crippen molar-refractivity contribution >= 4 is 32.4 Å². The molecule has 0 saturated carbocycles. The molecule has 0 N–H and O–H groups in total. The van der Waals surface area contributed by atoms with E-state index in [0.29, 0.717) is 10.8 Å². The van der Waals surface area contributed by atoms with Crippen molar-refractivity contribution in [2.24, 2.45) is 10.8 Å². The van der Waals surface area contributed by atoms with Crippen molar-refractivity contribution in [2.75, 3.05) is 0 Å². The molecular formula is C32H44Cl2SiTi-4. The fraction of sp³-hybridized carbons (Fsp3) is 0.375. The number of benzene rings is 2. The maximum absolute atomic E-state index is 3.30. The molecule has 0 amide bonds. The first kappa shape index (κ1) is 39.4. The largest absolute Gasteiger partial charge is 0.184 e. The van der Waals surface area contributed by atoms with Crippen LogP contribution in [0.4, 0.5) is 0 Å². The summed E-state index contributed by atoms with van der Waals surface area (Å²) >= 11 is 2.03. The minimum atomic E-state index is 0. The summed E-state index contributed by atoms with van der Waals surface area (Å²) in [6.45, 7) is 17.7. The number of allylic oxidation sites excluding steroid dienone is 8. The van der Waals surface area contributed by atoms with Crippen LogP contribution in [0.1, 0.15) is 68.2 Å². The third-order valence-corrected chi connectivity index (χ3v) is 5.04. The Morgan fingerprint density at radius 1 is 0.583 bits per heavy atom. The van der Waals surface area contributed by atoms with Gasteiger partial charge in [-0.25, -0.2) is 23.3 Å². The molecular weight excluding hydrogens is 531 g/mol. The molecule has 36 heavy (non-hydrogen) atoms. The summed E-state index contributed by atoms with van der Waals surface area (Å²) < 4.78 is 0. The van der Waals surface area contributed by atoms with Crippen LogP contribution in [0.25, 0.3) is 0 Å². The Morgan fingerprint density at radius 3 is 0.944 bits per heavy atom. The van der Waals surface area contributed by atoms with Crippen molar-refractivity contribution in [3.63, 3.8) is 0 Å². The van der Waals surface area contributed by atoms with E-state index in [4.69, 9.17) is 0 Å². The van der Waals surface area contributed by atoms with Gasteiger partial charge in [0.1, 0.15) is 0 Å². The van der Waals surface area contributed by atoms with Gasteiger partial charge in [-0.1, -0.05) is 55.4 Å². The standard InChI is InChI=1S/2C10H15.2C6H5.2ClH.H2Si.Ti/c2*1-8-5-6-9(7-8)10(2,3)4;2*1-2-4-6-5-3-1;;;;/h2*7H,6H2,1-4H3;2*1-5H;2*1H;1H2;/q4*-1;;;;. The predicted octanol–water partition coefficient (Wildman–Crippen LogP) is 9.12. The predicted molar refractivity (Wildman–Crippen MR) is 163 cm³/mol. The summed E-state index contributed by atoms with van der Waals surface area (Å²) in [6, 6.07) is 25.0. The maximum atomic E-state index is 3.30. The first-order chi connectivity index (χ1) is 16.0. The zero-order valence-corrected chi connectivity index (χ0v) is 28.0. The Bertz CT molecular complexity index is 785. The number of rotatable bonds is 0. The van der Waals surface area contributed by atoms with Crippen LogP contribution in [-0.4, -0.2) is 7.63 Å². The molecule has 2 aromatic carbocycles. The molecule has 0 fully saturated rings. The normalized spacial score (nSPS) is 13.2. The van der Waals surface area contributed by atoms with Crippen molar-refractivity contribution < 1.29 is 19.2 Å². The van der Waals surface area contributed by atoms with Gasteiger partial charge in [-0.15, -0.1) is 37.7 Å². The van der Waals surface area contributed by atoms with Crippen LogP contribution < -0.4 is 0 Å². The maximum Gasteiger partial charge on any atom is -0.171 e. The Labute approximate surface area is 248 Å². The van der Waals surface area contributed by atoms with E-state index in [2.05, 4.69) is 91.8 Å². The monoisotopic (exact) mass is 574 g/mol. The fourth-order valence-corrected chi connectivity index (χ4v) is 2.84. The average Bonchev–Trinajstić information content (AvgIpc) is 3.47. The van der Waals surface area contributed by atoms with Gasteiger partial charge in [0.05, 0.1) is 0 Å². The van der Waals surface area contributed by atoms with E-state index in [1.54, 1.807) is 0 Å². The Balaban J connectivity index is -0.000000396. The Morgan fingerprint density at radius 2 is 0.861 bits per heavy atom. The number of hydrogen-bond acceptors (Lipinski definition) is 0. The van der Waals surface area contributed by atoms with E-state index in [1.807, 2.05) is 87.5 Å². The molecule has 0 aliphatic heterocycles. The molecule has 4 rings (SSSR count). The second kappa shape index (κ2) is 21.9. The van der Waals surface area contributed by atoms with E-state index in [0.717, 1.165) is 12.8 Å². The van der Waals surface area contributed by atoms with Gasteiger partial charge >= 0.3 is 26.8 Å². The molecule has 0 nitrogen and oxygen atoms in total. The van der Waals surface area contributed by atoms with Crippen LogP contribution in [0.5, 0.6) is 0 Å². The van der Waals surface area contributed by atoms with Crippen LogP contribution in [0.15, 0.2) is 95.1 Å². The molecule has 0 heterocycles. The Hall–Kier alpha value is -1.09. The van der Waals surface area contributed by atoms with E-state index < -0.39 is 0 Å². The topological polar surface area (TPSA) is 0 Å². The zero-order chi connectivity index (χ0) is 26.0. The summed E-state index contributed by atoms with van der Waals surface area (Å²) in [5.74, 6) is 0. The first-order valence-corrected chi connectivity index (χ1v) is 15.8. The summed E-state index contributed by atoms with van der Waals surface area (Å²) in [5.41, 5.74) is 6.28. The van der Waals surface area contributed by atoms with Gasteiger partial charge < -0.3 is 0 Å². The van der Waals surface area contributed by atoms with E-state index in [-0.39, 0.29) is 24.8 Å². The molecule has 2 aliphatic rings. The van der Waals surface area contributed by atoms with E-state index >= 15 is 0 Å². The minimum Gasteiger partial charge on any atom is -0.184 e. The quantitative estimate of drug-likeness (QED) is 0.217. The van der Waals surface area contributed by atoms with E-state index in [1.165, 1.54) is 22.3 Å². The van der Waals surface area contributed by atoms with Crippen LogP contribution in [0.3, 0.4) is 0 Å². The summed E-state index contributed by atoms with van der Waals surface area (Å²) in [7, 11) is 1.86. The van der Waals surface area contributed by atoms with Crippen molar-refractivity contribution in [2.45, 2.75) is 68.2 Å². The van der Waals surface area contributed by atoms with Crippen LogP contribution >= 0.6 is 24.8 Å². The molecule has 0 atom stereocenters. The Kier molecular flexibility index (Phi) is 24.0. The van der Waals surface area contributed by atoms with E-state index in [9.17, 15) is 0 Å². The van der Waals surface area contributed by atoms with Gasteiger partial charge in [0.2, 0.25) is 0 Å². The van der Waals surface area contributed by atoms with Gasteiger partial charge in [-0.05, 0) is 10.8 Å². The van der Waals surface area contributed by atoms with Crippen LogP contribution in [0.2, 0.25) is 0 Å². The molecule has 0 unspecified atom stereocenters. The third kappa shape index (κ3) is 20.0. The average molecular weight is 576 g/mol. The first-order valence-electron chi connectivity index (χ1n) is 11.7. The van der Waals surface area contributed by atoms with Crippen LogP contribution in [-0.2, 0) is 19.2 Å². The molecule has 0 bridgehead atoms. The SMILES string of the molecule is CC1=[C-]CC(C(C)(C)C)=C1.CC1=[C-]CC(C(C)(C)C)=C1.Cl.Cl.[SiH2]=[Ti].[c-]1ccccc1.[c-]1ccccc1. The summed E-state index contributed by atoms with van der Waals surface area (Å²) in [5, 5.41) is 0. The van der Waals surface area contributed by atoms with Crippen molar-refractivity contribution in [3.05, 3.63) is 119 Å². The molecule has 0 radical (unpaired) electrons. The second-order valence-corrected chi connectivity index (χ2v) is 10.1. The molecule has 2 aliphatic carbocycles. The second-order valence-electron chi connectivity index (χ2n) is 10.1. The molecule has 0 aromatic heterocycles. The van der Waals surface area contributed by atoms with Gasteiger partial charge in [0.15, 0.2) is 0 Å². The van der Waals surface area contributed by atoms with Crippen molar-refractivity contribution in [1.82, 2.24) is 0 Å². The molecule has 0 saturated heterocycles. The molecule has 0 spiro atoms. The van der Waals surface area contributed by atoms with Gasteiger partial charge in [-0.3, -0.25) is 12.2 Å². The molecule has 198 valence electrons. The zero-order valence-electron chi connectivity index (χ0n) is 23.4. The van der Waals surface area contributed by atoms with Crippen molar-refractivity contribution in [3.8, 4) is 0 Å².